The first-order chi connectivity index (χ1) is 19.4. The molecule has 0 aromatic carbocycles. The summed E-state index contributed by atoms with van der Waals surface area (Å²) in [4.78, 5) is 68.1. The zero-order valence-corrected chi connectivity index (χ0v) is 26.4. The van der Waals surface area contributed by atoms with E-state index in [1.165, 1.54) is 35.9 Å². The Balaban J connectivity index is 2.09. The number of rotatable bonds is 11. The van der Waals surface area contributed by atoms with Crippen LogP contribution in [-0.4, -0.2) is 57.2 Å². The molecule has 1 aromatic rings. The average molecular weight is 609 g/mol. The number of aromatic nitrogens is 1. The van der Waals surface area contributed by atoms with Gasteiger partial charge in [0.1, 0.15) is 28.4 Å². The molecule has 0 aliphatic carbocycles. The zero-order valence-electron chi connectivity index (χ0n) is 24.7. The molecular formula is C29H44N4O6S2. The minimum atomic E-state index is -1.33. The number of nitrogens with one attached hydrogen (secondary N) is 3. The number of cyclic esters (lactones) is 1. The quantitative estimate of drug-likeness (QED) is 0.192. The van der Waals surface area contributed by atoms with Crippen LogP contribution in [0.15, 0.2) is 17.5 Å². The third-order valence-electron chi connectivity index (χ3n) is 6.46. The van der Waals surface area contributed by atoms with Gasteiger partial charge in [0, 0.05) is 17.6 Å². The number of hydrogen-bond donors (Lipinski definition) is 3. The number of nitrogens with zero attached hydrogens (tertiary/aromatic N) is 1. The highest BCUT2D eigenvalue weighted by molar-refractivity contribution is 8.13. The normalized spacial score (nSPS) is 20.4. The SMILES string of the molecule is CCCCCCCC(=O)SCCC=CC1CC(=O)NCc2nc(cs2)C(=O)NC(C)(C)C(=O)NC(C(C)C)C(=O)O1. The maximum atomic E-state index is 13.2. The Morgan fingerprint density at radius 1 is 1.20 bits per heavy atom. The van der Waals surface area contributed by atoms with E-state index >= 15 is 0 Å². The van der Waals surface area contributed by atoms with E-state index in [1.54, 1.807) is 45.2 Å². The number of ether oxygens (including phenoxy) is 1. The fraction of sp³-hybridized carbons (Fsp3) is 0.655. The van der Waals surface area contributed by atoms with Gasteiger partial charge >= 0.3 is 5.97 Å². The highest BCUT2D eigenvalue weighted by Crippen LogP contribution is 2.16. The van der Waals surface area contributed by atoms with Gasteiger partial charge in [0.15, 0.2) is 5.12 Å². The monoisotopic (exact) mass is 608 g/mol. The number of amides is 3. The van der Waals surface area contributed by atoms with Crippen LogP contribution in [0, 0.1) is 5.92 Å². The second-order valence-corrected chi connectivity index (χ2v) is 13.1. The van der Waals surface area contributed by atoms with Crippen LogP contribution in [0.25, 0.3) is 0 Å². The first kappa shape index (κ1) is 34.5. The fourth-order valence-corrected chi connectivity index (χ4v) is 5.44. The van der Waals surface area contributed by atoms with Gasteiger partial charge < -0.3 is 20.7 Å². The van der Waals surface area contributed by atoms with E-state index in [-0.39, 0.29) is 35.6 Å². The molecule has 41 heavy (non-hydrogen) atoms. The topological polar surface area (TPSA) is 144 Å². The third-order valence-corrected chi connectivity index (χ3v) is 8.27. The molecule has 2 rings (SSSR count). The second-order valence-electron chi connectivity index (χ2n) is 11.0. The number of hydrogen-bond acceptors (Lipinski definition) is 9. The highest BCUT2D eigenvalue weighted by atomic mass is 32.2. The van der Waals surface area contributed by atoms with Crippen LogP contribution in [0.3, 0.4) is 0 Å². The minimum absolute atomic E-state index is 0.108. The molecule has 0 fully saturated rings. The summed E-state index contributed by atoms with van der Waals surface area (Å²) in [6, 6.07) is -0.998. The molecule has 0 spiro atoms. The number of esters is 1. The van der Waals surface area contributed by atoms with Gasteiger partial charge in [-0.3, -0.25) is 19.2 Å². The summed E-state index contributed by atoms with van der Waals surface area (Å²) in [6.45, 7) is 8.88. The van der Waals surface area contributed by atoms with Crippen molar-refractivity contribution >= 4 is 51.9 Å². The van der Waals surface area contributed by atoms with E-state index in [2.05, 4.69) is 27.9 Å². The van der Waals surface area contributed by atoms with Crippen LogP contribution in [0.2, 0.25) is 0 Å². The predicted molar refractivity (Wildman–Crippen MR) is 161 cm³/mol. The minimum Gasteiger partial charge on any atom is -0.456 e. The van der Waals surface area contributed by atoms with Gasteiger partial charge in [0.05, 0.1) is 13.0 Å². The molecule has 3 amide bonds. The molecule has 1 aliphatic rings. The van der Waals surface area contributed by atoms with Crippen LogP contribution < -0.4 is 16.0 Å². The van der Waals surface area contributed by atoms with E-state index in [1.807, 2.05) is 0 Å². The average Bonchev–Trinajstić information content (AvgIpc) is 3.38. The maximum Gasteiger partial charge on any atom is 0.329 e. The van der Waals surface area contributed by atoms with Crippen LogP contribution in [0.5, 0.6) is 0 Å². The smallest absolute Gasteiger partial charge is 0.329 e. The number of fused-ring (bicyclic) bond motifs is 2. The Bertz CT molecular complexity index is 1090. The highest BCUT2D eigenvalue weighted by Gasteiger charge is 2.36. The molecule has 0 saturated carbocycles. The molecule has 2 heterocycles. The van der Waals surface area contributed by atoms with Crippen molar-refractivity contribution < 1.29 is 28.7 Å². The number of carbonyl (C=O) groups excluding carboxylic acids is 5. The van der Waals surface area contributed by atoms with E-state index in [4.69, 9.17) is 4.74 Å². The summed E-state index contributed by atoms with van der Waals surface area (Å²) >= 11 is 2.51. The standard InChI is InChI=1S/C29H44N4O6S2/c1-6-7-8-9-10-14-24(35)40-15-12-11-13-20-16-22(34)30-17-23-31-21(18-41-23)26(36)33-29(4,5)28(38)32-25(19(2)3)27(37)39-20/h11,13,18-20,25H,6-10,12,14-17H2,1-5H3,(H,30,34)(H,32,38)(H,33,36). The Hall–Kier alpha value is -2.73. The Kier molecular flexibility index (Phi) is 14.5. The Morgan fingerprint density at radius 2 is 1.93 bits per heavy atom. The second kappa shape index (κ2) is 17.3. The number of thiazole rings is 1. The molecule has 1 aromatic heterocycles. The van der Waals surface area contributed by atoms with E-state index < -0.39 is 35.5 Å². The molecule has 3 N–H and O–H groups in total. The fourth-order valence-electron chi connectivity index (χ4n) is 3.95. The molecule has 0 radical (unpaired) electrons. The molecule has 1 aliphatic heterocycles. The van der Waals surface area contributed by atoms with Crippen molar-refractivity contribution in [1.82, 2.24) is 20.9 Å². The zero-order chi connectivity index (χ0) is 30.4. The summed E-state index contributed by atoms with van der Waals surface area (Å²) in [5.74, 6) is -1.86. The van der Waals surface area contributed by atoms with Crippen molar-refractivity contribution in [2.45, 2.75) is 110 Å². The van der Waals surface area contributed by atoms with Crippen LogP contribution in [-0.2, 0) is 30.5 Å². The Labute approximate surface area is 251 Å². The van der Waals surface area contributed by atoms with E-state index in [0.717, 1.165) is 19.3 Å². The van der Waals surface area contributed by atoms with E-state index in [0.29, 0.717) is 23.6 Å². The van der Waals surface area contributed by atoms with Gasteiger partial charge in [0.25, 0.3) is 5.91 Å². The third kappa shape index (κ3) is 12.4. The van der Waals surface area contributed by atoms with Gasteiger partial charge in [-0.1, -0.05) is 64.3 Å². The molecule has 10 nitrogen and oxygen atoms in total. The van der Waals surface area contributed by atoms with Crippen molar-refractivity contribution in [1.29, 1.82) is 0 Å². The van der Waals surface area contributed by atoms with E-state index in [9.17, 15) is 24.0 Å². The van der Waals surface area contributed by atoms with Crippen molar-refractivity contribution in [3.63, 3.8) is 0 Å². The first-order valence-electron chi connectivity index (χ1n) is 14.3. The van der Waals surface area contributed by atoms with Crippen LogP contribution in [0.4, 0.5) is 0 Å². The Morgan fingerprint density at radius 3 is 2.63 bits per heavy atom. The van der Waals surface area contributed by atoms with Gasteiger partial charge in [-0.05, 0) is 38.7 Å². The van der Waals surface area contributed by atoms with Gasteiger partial charge in [0.2, 0.25) is 11.8 Å². The summed E-state index contributed by atoms with van der Waals surface area (Å²) in [5, 5.41) is 10.4. The summed E-state index contributed by atoms with van der Waals surface area (Å²) in [5.41, 5.74) is -1.19. The van der Waals surface area contributed by atoms with Crippen molar-refractivity contribution in [3.05, 3.63) is 28.2 Å². The van der Waals surface area contributed by atoms with Crippen molar-refractivity contribution in [3.8, 4) is 0 Å². The lowest BCUT2D eigenvalue weighted by molar-refractivity contribution is -0.153. The number of thioether (sulfide) groups is 1. The molecule has 228 valence electrons. The molecule has 0 saturated heterocycles. The molecular weight excluding hydrogens is 564 g/mol. The molecule has 2 unspecified atom stereocenters. The first-order valence-corrected chi connectivity index (χ1v) is 16.2. The number of unbranched alkanes of at least 4 members (excludes halogenated alkanes) is 4. The lowest BCUT2D eigenvalue weighted by atomic mass is 9.99. The van der Waals surface area contributed by atoms with Crippen LogP contribution in [0.1, 0.15) is 101 Å². The van der Waals surface area contributed by atoms with Crippen molar-refractivity contribution in [2.24, 2.45) is 5.92 Å². The van der Waals surface area contributed by atoms with Crippen LogP contribution >= 0.6 is 23.1 Å². The van der Waals surface area contributed by atoms with Gasteiger partial charge in [-0.25, -0.2) is 9.78 Å². The molecule has 12 heteroatoms. The van der Waals surface area contributed by atoms with Crippen molar-refractivity contribution in [2.75, 3.05) is 5.75 Å². The summed E-state index contributed by atoms with van der Waals surface area (Å²) < 4.78 is 5.70. The van der Waals surface area contributed by atoms with Gasteiger partial charge in [-0.2, -0.15) is 0 Å². The lowest BCUT2D eigenvalue weighted by Gasteiger charge is -2.29. The largest absolute Gasteiger partial charge is 0.456 e. The number of allylic oxidation sites excluding steroid dienone is 1. The molecule has 2 atom stereocenters. The summed E-state index contributed by atoms with van der Waals surface area (Å²) in [6.07, 6.45) is 9.11. The number of carbonyl (C=O) groups is 5. The molecule has 2 bridgehead atoms. The maximum absolute atomic E-state index is 13.2. The lowest BCUT2D eigenvalue weighted by Crippen LogP contribution is -2.59. The van der Waals surface area contributed by atoms with Gasteiger partial charge in [-0.15, -0.1) is 11.3 Å². The predicted octanol–water partition coefficient (Wildman–Crippen LogP) is 4.29. The summed E-state index contributed by atoms with van der Waals surface area (Å²) in [7, 11) is 0.